The maximum atomic E-state index is 13.8. The number of alkyl halides is 1. The lowest BCUT2D eigenvalue weighted by atomic mass is 9.91. The molecule has 1 aliphatic heterocycles. The lowest BCUT2D eigenvalue weighted by molar-refractivity contribution is 0.0431. The zero-order chi connectivity index (χ0) is 14.8. The van der Waals surface area contributed by atoms with E-state index in [0.29, 0.717) is 26.1 Å². The number of ether oxygens (including phenoxy) is 1. The van der Waals surface area contributed by atoms with Gasteiger partial charge in [0, 0.05) is 23.6 Å². The highest BCUT2D eigenvalue weighted by molar-refractivity contribution is 9.10. The van der Waals surface area contributed by atoms with Crippen LogP contribution < -0.4 is 5.32 Å². The molecule has 1 heterocycles. The molecule has 1 aromatic carbocycles. The Kier molecular flexibility index (Phi) is 4.99. The van der Waals surface area contributed by atoms with E-state index >= 15 is 0 Å². The smallest absolute Gasteiger partial charge is 0.257 e. The maximum Gasteiger partial charge on any atom is 0.257 e. The summed E-state index contributed by atoms with van der Waals surface area (Å²) < 4.78 is 33.0. The molecule has 1 aromatic rings. The van der Waals surface area contributed by atoms with E-state index < -0.39 is 28.6 Å². The number of nitrogens with one attached hydrogen (secondary N) is 1. The molecule has 1 aliphatic rings. The molecular formula is C13H13BrClF2NO2. The Hall–Kier alpha value is -0.720. The average Bonchev–Trinajstić information content (AvgIpc) is 2.38. The van der Waals surface area contributed by atoms with E-state index in [-0.39, 0.29) is 10.4 Å². The average molecular weight is 369 g/mol. The predicted octanol–water partition coefficient (Wildman–Crippen LogP) is 3.25. The van der Waals surface area contributed by atoms with Gasteiger partial charge in [-0.1, -0.05) is 15.9 Å². The topological polar surface area (TPSA) is 38.3 Å². The van der Waals surface area contributed by atoms with Gasteiger partial charge in [-0.3, -0.25) is 4.79 Å². The van der Waals surface area contributed by atoms with Crippen LogP contribution >= 0.6 is 27.5 Å². The Morgan fingerprint density at radius 3 is 2.40 bits per heavy atom. The van der Waals surface area contributed by atoms with Gasteiger partial charge in [0.15, 0.2) is 0 Å². The van der Waals surface area contributed by atoms with Crippen LogP contribution in [-0.2, 0) is 4.74 Å². The number of hydrogen-bond donors (Lipinski definition) is 1. The van der Waals surface area contributed by atoms with Crippen molar-refractivity contribution >= 4 is 33.4 Å². The largest absolute Gasteiger partial charge is 0.381 e. The van der Waals surface area contributed by atoms with Gasteiger partial charge in [0.05, 0.1) is 5.54 Å². The van der Waals surface area contributed by atoms with Crippen LogP contribution in [0, 0.1) is 11.6 Å². The predicted molar refractivity (Wildman–Crippen MR) is 75.0 cm³/mol. The van der Waals surface area contributed by atoms with Gasteiger partial charge in [0.1, 0.15) is 17.2 Å². The summed E-state index contributed by atoms with van der Waals surface area (Å²) in [7, 11) is 0. The van der Waals surface area contributed by atoms with Crippen LogP contribution in [0.2, 0.25) is 0 Å². The third-order valence-corrected chi connectivity index (χ3v) is 4.29. The highest BCUT2D eigenvalue weighted by atomic mass is 79.9. The van der Waals surface area contributed by atoms with Crippen molar-refractivity contribution in [3.05, 3.63) is 33.8 Å². The van der Waals surface area contributed by atoms with Crippen LogP contribution in [0.5, 0.6) is 0 Å². The second-order valence-electron chi connectivity index (χ2n) is 4.72. The Labute approximate surface area is 128 Å². The molecule has 0 atom stereocenters. The van der Waals surface area contributed by atoms with Crippen LogP contribution in [0.25, 0.3) is 0 Å². The summed E-state index contributed by atoms with van der Waals surface area (Å²) >= 11 is 8.88. The lowest BCUT2D eigenvalue weighted by Crippen LogP contribution is -2.53. The summed E-state index contributed by atoms with van der Waals surface area (Å²) in [6.07, 6.45) is 1.03. The Balaban J connectivity index is 2.23. The Morgan fingerprint density at radius 1 is 1.35 bits per heavy atom. The van der Waals surface area contributed by atoms with Crippen LogP contribution in [0.4, 0.5) is 8.78 Å². The first-order valence-corrected chi connectivity index (χ1v) is 7.41. The van der Waals surface area contributed by atoms with Crippen molar-refractivity contribution in [1.82, 2.24) is 5.32 Å². The van der Waals surface area contributed by atoms with Gasteiger partial charge in [0.2, 0.25) is 0 Å². The summed E-state index contributed by atoms with van der Waals surface area (Å²) in [4.78, 5) is 12.1. The standard InChI is InChI=1S/C13H13BrClF2NO2/c14-8-5-9(16)11(10(17)6-8)12(19)18-13(7-15)1-3-20-4-2-13/h5-6H,1-4,7H2,(H,18,19). The number of carbonyl (C=O) groups excluding carboxylic acids is 1. The van der Waals surface area contributed by atoms with Crippen molar-refractivity contribution in [2.24, 2.45) is 0 Å². The molecule has 0 unspecified atom stereocenters. The fraction of sp³-hybridized carbons (Fsp3) is 0.462. The molecule has 1 fully saturated rings. The zero-order valence-corrected chi connectivity index (χ0v) is 12.9. The number of rotatable bonds is 3. The lowest BCUT2D eigenvalue weighted by Gasteiger charge is -2.36. The van der Waals surface area contributed by atoms with E-state index in [2.05, 4.69) is 21.2 Å². The van der Waals surface area contributed by atoms with E-state index in [1.165, 1.54) is 0 Å². The SMILES string of the molecule is O=C(NC1(CCl)CCOCC1)c1c(F)cc(Br)cc1F. The first kappa shape index (κ1) is 15.7. The van der Waals surface area contributed by atoms with Crippen LogP contribution in [0.1, 0.15) is 23.2 Å². The second-order valence-corrected chi connectivity index (χ2v) is 5.91. The highest BCUT2D eigenvalue weighted by Crippen LogP contribution is 2.25. The Bertz CT molecular complexity index is 498. The van der Waals surface area contributed by atoms with Gasteiger partial charge in [-0.05, 0) is 25.0 Å². The van der Waals surface area contributed by atoms with E-state index in [4.69, 9.17) is 16.3 Å². The number of amides is 1. The van der Waals surface area contributed by atoms with Gasteiger partial charge < -0.3 is 10.1 Å². The van der Waals surface area contributed by atoms with Gasteiger partial charge in [-0.25, -0.2) is 8.78 Å². The molecule has 1 amide bonds. The van der Waals surface area contributed by atoms with Crippen molar-refractivity contribution in [3.63, 3.8) is 0 Å². The number of halogens is 4. The third-order valence-electron chi connectivity index (χ3n) is 3.32. The fourth-order valence-corrected chi connectivity index (χ4v) is 2.85. The fourth-order valence-electron chi connectivity index (χ4n) is 2.12. The molecule has 0 spiro atoms. The van der Waals surface area contributed by atoms with E-state index in [0.717, 1.165) is 12.1 Å². The van der Waals surface area contributed by atoms with Crippen molar-refractivity contribution in [2.45, 2.75) is 18.4 Å². The number of hydrogen-bond acceptors (Lipinski definition) is 2. The molecule has 0 radical (unpaired) electrons. The monoisotopic (exact) mass is 367 g/mol. The summed E-state index contributed by atoms with van der Waals surface area (Å²) in [5.41, 5.74) is -1.27. The summed E-state index contributed by atoms with van der Waals surface area (Å²) in [6.45, 7) is 0.913. The molecule has 1 saturated heterocycles. The quantitative estimate of drug-likeness (QED) is 0.832. The van der Waals surface area contributed by atoms with Crippen LogP contribution in [0.3, 0.4) is 0 Å². The number of benzene rings is 1. The van der Waals surface area contributed by atoms with E-state index in [1.54, 1.807) is 0 Å². The molecule has 7 heteroatoms. The molecular weight excluding hydrogens is 356 g/mol. The minimum atomic E-state index is -0.911. The normalized spacial score (nSPS) is 17.8. The van der Waals surface area contributed by atoms with Crippen molar-refractivity contribution in [2.75, 3.05) is 19.1 Å². The third kappa shape index (κ3) is 3.30. The van der Waals surface area contributed by atoms with Crippen LogP contribution in [0.15, 0.2) is 16.6 Å². The maximum absolute atomic E-state index is 13.8. The summed E-state index contributed by atoms with van der Waals surface area (Å²) in [5.74, 6) is -2.45. The van der Waals surface area contributed by atoms with Crippen molar-refractivity contribution in [3.8, 4) is 0 Å². The molecule has 20 heavy (non-hydrogen) atoms. The van der Waals surface area contributed by atoms with Crippen molar-refractivity contribution < 1.29 is 18.3 Å². The minimum Gasteiger partial charge on any atom is -0.381 e. The molecule has 0 saturated carbocycles. The van der Waals surface area contributed by atoms with Gasteiger partial charge in [-0.15, -0.1) is 11.6 Å². The molecule has 0 aliphatic carbocycles. The molecule has 0 bridgehead atoms. The summed E-state index contributed by atoms with van der Waals surface area (Å²) in [5, 5.41) is 2.65. The Morgan fingerprint density at radius 2 is 1.90 bits per heavy atom. The molecule has 110 valence electrons. The van der Waals surface area contributed by atoms with Gasteiger partial charge in [0.25, 0.3) is 5.91 Å². The van der Waals surface area contributed by atoms with Crippen LogP contribution in [-0.4, -0.2) is 30.5 Å². The molecule has 2 rings (SSSR count). The molecule has 0 aromatic heterocycles. The first-order valence-electron chi connectivity index (χ1n) is 6.08. The summed E-state index contributed by atoms with van der Waals surface area (Å²) in [6, 6.07) is 2.10. The first-order chi connectivity index (χ1) is 9.47. The van der Waals surface area contributed by atoms with Gasteiger partial charge in [-0.2, -0.15) is 0 Å². The molecule has 3 nitrogen and oxygen atoms in total. The van der Waals surface area contributed by atoms with Gasteiger partial charge >= 0.3 is 0 Å². The zero-order valence-electron chi connectivity index (χ0n) is 10.5. The van der Waals surface area contributed by atoms with Crippen molar-refractivity contribution in [1.29, 1.82) is 0 Å². The minimum absolute atomic E-state index is 0.169. The second kappa shape index (κ2) is 6.37. The van der Waals surface area contributed by atoms with E-state index in [9.17, 15) is 13.6 Å². The number of carbonyl (C=O) groups is 1. The highest BCUT2D eigenvalue weighted by Gasteiger charge is 2.34. The van der Waals surface area contributed by atoms with E-state index in [1.807, 2.05) is 0 Å². The molecule has 1 N–H and O–H groups in total.